The summed E-state index contributed by atoms with van der Waals surface area (Å²) in [7, 11) is 0. The molecule has 1 aliphatic carbocycles. The lowest BCUT2D eigenvalue weighted by atomic mass is 9.85. The third-order valence-corrected chi connectivity index (χ3v) is 6.81. The monoisotopic (exact) mass is 482 g/mol. The molecule has 3 amide bonds. The molecule has 1 fully saturated rings. The van der Waals surface area contributed by atoms with Crippen molar-refractivity contribution in [1.29, 1.82) is 0 Å². The van der Waals surface area contributed by atoms with Crippen LogP contribution in [-0.4, -0.2) is 41.2 Å². The lowest BCUT2D eigenvalue weighted by molar-refractivity contribution is -0.159. The minimum absolute atomic E-state index is 0.120. The first-order chi connectivity index (χ1) is 17.5. The van der Waals surface area contributed by atoms with E-state index in [9.17, 15) is 19.2 Å². The van der Waals surface area contributed by atoms with Crippen LogP contribution in [0.5, 0.6) is 0 Å². The number of carbonyl (C=O) groups is 4. The van der Waals surface area contributed by atoms with Crippen LogP contribution in [0, 0.1) is 11.8 Å². The third kappa shape index (κ3) is 4.64. The van der Waals surface area contributed by atoms with Gasteiger partial charge < -0.3 is 10.1 Å². The molecule has 2 aliphatic rings. The highest BCUT2D eigenvalue weighted by atomic mass is 16.5. The molecule has 0 unspecified atom stereocenters. The van der Waals surface area contributed by atoms with Gasteiger partial charge >= 0.3 is 5.97 Å². The summed E-state index contributed by atoms with van der Waals surface area (Å²) in [6.07, 6.45) is 4.88. The fraction of sp³-hybridized carbons (Fsp3) is 0.241. The average Bonchev–Trinajstić information content (AvgIpc) is 3.16. The van der Waals surface area contributed by atoms with Gasteiger partial charge in [-0.05, 0) is 29.9 Å². The predicted molar refractivity (Wildman–Crippen MR) is 135 cm³/mol. The van der Waals surface area contributed by atoms with Crippen LogP contribution in [0.25, 0.3) is 10.8 Å². The molecule has 1 N–H and O–H groups in total. The Morgan fingerprint density at radius 2 is 1.50 bits per heavy atom. The van der Waals surface area contributed by atoms with Crippen LogP contribution in [0.1, 0.15) is 18.4 Å². The van der Waals surface area contributed by atoms with Gasteiger partial charge in [0.25, 0.3) is 5.91 Å². The molecule has 0 bridgehead atoms. The Kier molecular flexibility index (Phi) is 6.62. The Labute approximate surface area is 208 Å². The molecule has 1 saturated heterocycles. The molecule has 36 heavy (non-hydrogen) atoms. The number of fused-ring (bicyclic) bond motifs is 2. The zero-order chi connectivity index (χ0) is 25.1. The lowest BCUT2D eigenvalue weighted by Gasteiger charge is -2.25. The highest BCUT2D eigenvalue weighted by Gasteiger charge is 2.51. The first-order valence-electron chi connectivity index (χ1n) is 12.0. The van der Waals surface area contributed by atoms with Crippen LogP contribution < -0.4 is 5.32 Å². The quantitative estimate of drug-likeness (QED) is 0.313. The summed E-state index contributed by atoms with van der Waals surface area (Å²) in [5, 5.41) is 4.62. The summed E-state index contributed by atoms with van der Waals surface area (Å²) in [5.74, 6) is -2.90. The van der Waals surface area contributed by atoms with E-state index in [1.54, 1.807) is 6.07 Å². The molecule has 0 aromatic heterocycles. The van der Waals surface area contributed by atoms with Crippen molar-refractivity contribution in [1.82, 2.24) is 4.90 Å². The standard InChI is InChI=1S/C29H26N2O5/c32-26(30-24-16-8-12-20-11-4-5-13-21(20)24)18-36-29(35)25(17-19-9-2-1-3-10-19)31-27(33)22-14-6-7-15-23(22)28(31)34/h1-13,16,22-23,25H,14-15,17-18H2,(H,30,32)/t22-,23+,25-/m1/s1. The summed E-state index contributed by atoms with van der Waals surface area (Å²) in [4.78, 5) is 53.3. The predicted octanol–water partition coefficient (Wildman–Crippen LogP) is 3.88. The van der Waals surface area contributed by atoms with Gasteiger partial charge in [-0.2, -0.15) is 0 Å². The van der Waals surface area contributed by atoms with Crippen LogP contribution in [-0.2, 0) is 30.3 Å². The van der Waals surface area contributed by atoms with Crippen LogP contribution in [0.3, 0.4) is 0 Å². The second-order valence-corrected chi connectivity index (χ2v) is 9.09. The number of nitrogens with one attached hydrogen (secondary N) is 1. The molecule has 1 aliphatic heterocycles. The summed E-state index contributed by atoms with van der Waals surface area (Å²) < 4.78 is 5.37. The molecule has 0 saturated carbocycles. The first kappa shape index (κ1) is 23.5. The second kappa shape index (κ2) is 10.2. The highest BCUT2D eigenvalue weighted by molar-refractivity contribution is 6.08. The normalized spacial score (nSPS) is 19.7. The Morgan fingerprint density at radius 3 is 2.22 bits per heavy atom. The maximum Gasteiger partial charge on any atom is 0.330 e. The molecular formula is C29H26N2O5. The van der Waals surface area contributed by atoms with E-state index in [0.717, 1.165) is 21.2 Å². The molecule has 3 atom stereocenters. The zero-order valence-electron chi connectivity index (χ0n) is 19.6. The summed E-state index contributed by atoms with van der Waals surface area (Å²) >= 11 is 0. The van der Waals surface area contributed by atoms with Gasteiger partial charge in [-0.3, -0.25) is 19.3 Å². The molecule has 3 aromatic carbocycles. The second-order valence-electron chi connectivity index (χ2n) is 9.09. The van der Waals surface area contributed by atoms with E-state index in [4.69, 9.17) is 4.74 Å². The number of ether oxygens (including phenoxy) is 1. The first-order valence-corrected chi connectivity index (χ1v) is 12.0. The molecule has 0 radical (unpaired) electrons. The van der Waals surface area contributed by atoms with E-state index in [0.29, 0.717) is 18.5 Å². The minimum Gasteiger partial charge on any atom is -0.454 e. The van der Waals surface area contributed by atoms with Crippen molar-refractivity contribution in [2.24, 2.45) is 11.8 Å². The van der Waals surface area contributed by atoms with Crippen LogP contribution in [0.4, 0.5) is 5.69 Å². The van der Waals surface area contributed by atoms with E-state index in [1.807, 2.05) is 78.9 Å². The fourth-order valence-corrected chi connectivity index (χ4v) is 5.00. The van der Waals surface area contributed by atoms with Gasteiger partial charge in [-0.1, -0.05) is 78.9 Å². The van der Waals surface area contributed by atoms with Gasteiger partial charge in [-0.15, -0.1) is 0 Å². The number of imide groups is 1. The van der Waals surface area contributed by atoms with Gasteiger partial charge in [0.05, 0.1) is 11.8 Å². The SMILES string of the molecule is O=C(COC(=O)[C@@H](Cc1ccccc1)N1C(=O)[C@H]2CC=CC[C@H]2C1=O)Nc1cccc2ccccc12. The van der Waals surface area contributed by atoms with E-state index in [-0.39, 0.29) is 18.2 Å². The Morgan fingerprint density at radius 1 is 0.861 bits per heavy atom. The topological polar surface area (TPSA) is 92.8 Å². The smallest absolute Gasteiger partial charge is 0.330 e. The van der Waals surface area contributed by atoms with Crippen molar-refractivity contribution < 1.29 is 23.9 Å². The number of likely N-dealkylation sites (tertiary alicyclic amines) is 1. The molecule has 5 rings (SSSR count). The molecule has 7 nitrogen and oxygen atoms in total. The molecule has 1 heterocycles. The molecule has 0 spiro atoms. The van der Waals surface area contributed by atoms with Crippen LogP contribution >= 0.6 is 0 Å². The third-order valence-electron chi connectivity index (χ3n) is 6.81. The Bertz CT molecular complexity index is 1320. The number of anilines is 1. The van der Waals surface area contributed by atoms with Crippen molar-refractivity contribution in [2.75, 3.05) is 11.9 Å². The number of carbonyl (C=O) groups excluding carboxylic acids is 4. The van der Waals surface area contributed by atoms with E-state index in [1.165, 1.54) is 0 Å². The largest absolute Gasteiger partial charge is 0.454 e. The Balaban J connectivity index is 1.31. The summed E-state index contributed by atoms with van der Waals surface area (Å²) in [6.45, 7) is -0.530. The van der Waals surface area contributed by atoms with Crippen LogP contribution in [0.2, 0.25) is 0 Å². The van der Waals surface area contributed by atoms with E-state index < -0.39 is 36.4 Å². The number of amides is 3. The molecule has 7 heteroatoms. The fourth-order valence-electron chi connectivity index (χ4n) is 5.00. The number of nitrogens with zero attached hydrogens (tertiary/aromatic N) is 1. The van der Waals surface area contributed by atoms with Crippen molar-refractivity contribution >= 4 is 40.2 Å². The van der Waals surface area contributed by atoms with Crippen molar-refractivity contribution in [2.45, 2.75) is 25.3 Å². The number of allylic oxidation sites excluding steroid dienone is 2. The maximum atomic E-state index is 13.2. The number of esters is 1. The highest BCUT2D eigenvalue weighted by Crippen LogP contribution is 2.36. The van der Waals surface area contributed by atoms with E-state index in [2.05, 4.69) is 5.32 Å². The molecule has 182 valence electrons. The van der Waals surface area contributed by atoms with Gasteiger partial charge in [0.2, 0.25) is 11.8 Å². The Hall–Kier alpha value is -4.26. The number of benzene rings is 3. The van der Waals surface area contributed by atoms with Gasteiger partial charge in [0.1, 0.15) is 6.04 Å². The zero-order valence-corrected chi connectivity index (χ0v) is 19.6. The minimum atomic E-state index is -1.14. The van der Waals surface area contributed by atoms with Crippen LogP contribution in [0.15, 0.2) is 84.9 Å². The molecular weight excluding hydrogens is 456 g/mol. The van der Waals surface area contributed by atoms with Crippen molar-refractivity contribution in [3.63, 3.8) is 0 Å². The lowest BCUT2D eigenvalue weighted by Crippen LogP contribution is -2.48. The van der Waals surface area contributed by atoms with E-state index >= 15 is 0 Å². The van der Waals surface area contributed by atoms with Gasteiger partial charge in [-0.25, -0.2) is 4.79 Å². The number of rotatable bonds is 7. The number of hydrogen-bond acceptors (Lipinski definition) is 5. The summed E-state index contributed by atoms with van der Waals surface area (Å²) in [6, 6.07) is 21.2. The number of hydrogen-bond donors (Lipinski definition) is 1. The van der Waals surface area contributed by atoms with Crippen molar-refractivity contribution in [3.8, 4) is 0 Å². The van der Waals surface area contributed by atoms with Gasteiger partial charge in [0, 0.05) is 17.5 Å². The average molecular weight is 483 g/mol. The maximum absolute atomic E-state index is 13.2. The summed E-state index contributed by atoms with van der Waals surface area (Å²) in [5.41, 5.74) is 1.39. The van der Waals surface area contributed by atoms with Crippen molar-refractivity contribution in [3.05, 3.63) is 90.5 Å². The molecule has 3 aromatic rings. The van der Waals surface area contributed by atoms with Gasteiger partial charge in [0.15, 0.2) is 6.61 Å².